The summed E-state index contributed by atoms with van der Waals surface area (Å²) in [4.78, 5) is 0. The molecule has 106 valence electrons. The summed E-state index contributed by atoms with van der Waals surface area (Å²) in [6.45, 7) is 4.45. The molecule has 0 aliphatic carbocycles. The van der Waals surface area contributed by atoms with E-state index in [1.807, 2.05) is 13.8 Å². The van der Waals surface area contributed by atoms with Crippen LogP contribution >= 0.6 is 15.9 Å². The number of hydrogen-bond donors (Lipinski definition) is 2. The Kier molecular flexibility index (Phi) is 5.62. The number of rotatable bonds is 6. The fraction of sp³-hybridized carbons (Fsp3) is 0.462. The summed E-state index contributed by atoms with van der Waals surface area (Å²) in [5.74, 6) is 0.588. The van der Waals surface area contributed by atoms with Crippen LogP contribution in [0.2, 0.25) is 0 Å². The van der Waals surface area contributed by atoms with E-state index in [4.69, 9.17) is 20.4 Å². The van der Waals surface area contributed by atoms with Crippen LogP contribution in [-0.2, 0) is 4.74 Å². The molecule has 0 bridgehead atoms. The van der Waals surface area contributed by atoms with Crippen molar-refractivity contribution in [2.24, 2.45) is 10.9 Å². The van der Waals surface area contributed by atoms with Gasteiger partial charge in [-0.15, -0.1) is 0 Å². The maximum atomic E-state index is 8.75. The highest BCUT2D eigenvalue weighted by Crippen LogP contribution is 2.24. The van der Waals surface area contributed by atoms with Crippen molar-refractivity contribution >= 4 is 21.8 Å². The van der Waals surface area contributed by atoms with Gasteiger partial charge in [0.05, 0.1) is 17.8 Å². The molecular weight excluding hydrogens is 312 g/mol. The minimum absolute atomic E-state index is 0.0218. The first-order chi connectivity index (χ1) is 8.89. The van der Waals surface area contributed by atoms with E-state index in [9.17, 15) is 0 Å². The molecule has 6 heteroatoms. The standard InChI is InChI=1S/C13H19BrN2O3/c1-13(2,18-3)6-7-19-11-8-9(14)4-5-10(11)12(15)16-17/h4-5,8,17H,6-7H2,1-3H3,(H2,15,16). The van der Waals surface area contributed by atoms with Gasteiger partial charge in [0, 0.05) is 18.0 Å². The first-order valence-electron chi connectivity index (χ1n) is 5.85. The zero-order chi connectivity index (χ0) is 14.5. The quantitative estimate of drug-likeness (QED) is 0.364. The largest absolute Gasteiger partial charge is 0.493 e. The predicted octanol–water partition coefficient (Wildman–Crippen LogP) is 2.74. The van der Waals surface area contributed by atoms with Gasteiger partial charge in [-0.2, -0.15) is 0 Å². The fourth-order valence-corrected chi connectivity index (χ4v) is 1.73. The van der Waals surface area contributed by atoms with Gasteiger partial charge >= 0.3 is 0 Å². The van der Waals surface area contributed by atoms with Crippen molar-refractivity contribution in [3.63, 3.8) is 0 Å². The number of hydrogen-bond acceptors (Lipinski definition) is 4. The van der Waals surface area contributed by atoms with Crippen molar-refractivity contribution < 1.29 is 14.7 Å². The molecule has 3 N–H and O–H groups in total. The lowest BCUT2D eigenvalue weighted by atomic mass is 10.1. The summed E-state index contributed by atoms with van der Waals surface area (Å²) < 4.78 is 11.9. The third-order valence-corrected chi connectivity index (χ3v) is 3.33. The summed E-state index contributed by atoms with van der Waals surface area (Å²) >= 11 is 3.36. The lowest BCUT2D eigenvalue weighted by Crippen LogP contribution is -2.25. The molecule has 0 amide bonds. The molecule has 5 nitrogen and oxygen atoms in total. The van der Waals surface area contributed by atoms with Crippen molar-refractivity contribution in [2.45, 2.75) is 25.9 Å². The van der Waals surface area contributed by atoms with Crippen molar-refractivity contribution in [1.29, 1.82) is 0 Å². The van der Waals surface area contributed by atoms with E-state index in [1.165, 1.54) is 0 Å². The normalized spacial score (nSPS) is 12.5. The van der Waals surface area contributed by atoms with Crippen LogP contribution in [0.1, 0.15) is 25.8 Å². The molecule has 0 aliphatic heterocycles. The highest BCUT2D eigenvalue weighted by Gasteiger charge is 2.17. The Balaban J connectivity index is 2.80. The Labute approximate surface area is 121 Å². The number of nitrogens with two attached hydrogens (primary N) is 1. The van der Waals surface area contributed by atoms with Crippen LogP contribution in [0.5, 0.6) is 5.75 Å². The molecule has 0 heterocycles. The molecule has 0 aromatic heterocycles. The average molecular weight is 331 g/mol. The lowest BCUT2D eigenvalue weighted by Gasteiger charge is -2.23. The van der Waals surface area contributed by atoms with Gasteiger partial charge in [-0.1, -0.05) is 21.1 Å². The van der Waals surface area contributed by atoms with Crippen molar-refractivity contribution in [2.75, 3.05) is 13.7 Å². The molecule has 1 aromatic rings. The van der Waals surface area contributed by atoms with Gasteiger partial charge in [0.25, 0.3) is 0 Å². The molecular formula is C13H19BrN2O3. The third kappa shape index (κ3) is 4.72. The maximum absolute atomic E-state index is 8.75. The Morgan fingerprint density at radius 3 is 2.74 bits per heavy atom. The van der Waals surface area contributed by atoms with Gasteiger partial charge in [-0.05, 0) is 32.0 Å². The molecule has 0 saturated carbocycles. The zero-order valence-electron chi connectivity index (χ0n) is 11.3. The van der Waals surface area contributed by atoms with Crippen molar-refractivity contribution in [1.82, 2.24) is 0 Å². The lowest BCUT2D eigenvalue weighted by molar-refractivity contribution is 0.00543. The van der Waals surface area contributed by atoms with Crippen LogP contribution in [0.25, 0.3) is 0 Å². The van der Waals surface area contributed by atoms with Crippen molar-refractivity contribution in [3.8, 4) is 5.75 Å². The molecule has 0 atom stereocenters. The number of nitrogens with zero attached hydrogens (tertiary/aromatic N) is 1. The first-order valence-corrected chi connectivity index (χ1v) is 6.64. The predicted molar refractivity (Wildman–Crippen MR) is 77.9 cm³/mol. The molecule has 0 saturated heterocycles. The van der Waals surface area contributed by atoms with Gasteiger partial charge in [0.2, 0.25) is 0 Å². The van der Waals surface area contributed by atoms with Crippen molar-refractivity contribution in [3.05, 3.63) is 28.2 Å². The number of halogens is 1. The highest BCUT2D eigenvalue weighted by molar-refractivity contribution is 9.10. The molecule has 0 unspecified atom stereocenters. The van der Waals surface area contributed by atoms with Crippen LogP contribution in [0.3, 0.4) is 0 Å². The zero-order valence-corrected chi connectivity index (χ0v) is 12.9. The molecule has 1 rings (SSSR count). The molecule has 1 aromatic carbocycles. The first kappa shape index (κ1) is 15.8. The summed E-state index contributed by atoms with van der Waals surface area (Å²) in [6, 6.07) is 5.32. The summed E-state index contributed by atoms with van der Waals surface area (Å²) in [7, 11) is 1.67. The Morgan fingerprint density at radius 1 is 1.47 bits per heavy atom. The van der Waals surface area contributed by atoms with Gasteiger partial charge in [0.1, 0.15) is 5.75 Å². The summed E-state index contributed by atoms with van der Waals surface area (Å²) in [6.07, 6.45) is 0.728. The Hall–Kier alpha value is -1.27. The summed E-state index contributed by atoms with van der Waals surface area (Å²) in [5, 5.41) is 11.7. The molecule has 0 spiro atoms. The molecule has 0 aliphatic rings. The molecule has 19 heavy (non-hydrogen) atoms. The SMILES string of the molecule is COC(C)(C)CCOc1cc(Br)ccc1/C(N)=N/O. The van der Waals surface area contributed by atoms with Crippen LogP contribution in [0.15, 0.2) is 27.8 Å². The van der Waals surface area contributed by atoms with E-state index < -0.39 is 0 Å². The number of oxime groups is 1. The molecule has 0 radical (unpaired) electrons. The van der Waals surface area contributed by atoms with E-state index in [-0.39, 0.29) is 11.4 Å². The molecule has 0 fully saturated rings. The number of ether oxygens (including phenoxy) is 2. The minimum atomic E-state index is -0.247. The monoisotopic (exact) mass is 330 g/mol. The summed E-state index contributed by atoms with van der Waals surface area (Å²) in [5.41, 5.74) is 5.92. The highest BCUT2D eigenvalue weighted by atomic mass is 79.9. The van der Waals surface area contributed by atoms with Gasteiger partial charge in [-0.3, -0.25) is 0 Å². The van der Waals surface area contributed by atoms with Crippen LogP contribution in [0.4, 0.5) is 0 Å². The van der Waals surface area contributed by atoms with E-state index >= 15 is 0 Å². The van der Waals surface area contributed by atoms with Gasteiger partial charge < -0.3 is 20.4 Å². The second-order valence-corrected chi connectivity index (χ2v) is 5.60. The average Bonchev–Trinajstić information content (AvgIpc) is 2.38. The van der Waals surface area contributed by atoms with E-state index in [0.29, 0.717) is 17.9 Å². The number of methoxy groups -OCH3 is 1. The van der Waals surface area contributed by atoms with Gasteiger partial charge in [-0.25, -0.2) is 0 Å². The van der Waals surface area contributed by atoms with E-state index in [1.54, 1.807) is 25.3 Å². The fourth-order valence-electron chi connectivity index (χ4n) is 1.39. The number of benzene rings is 1. The second kappa shape index (κ2) is 6.77. The van der Waals surface area contributed by atoms with Gasteiger partial charge in [0.15, 0.2) is 5.84 Å². The Bertz CT molecular complexity index is 461. The topological polar surface area (TPSA) is 77.1 Å². The van der Waals surface area contributed by atoms with Crippen LogP contribution in [-0.4, -0.2) is 30.4 Å². The van der Waals surface area contributed by atoms with E-state index in [0.717, 1.165) is 10.9 Å². The smallest absolute Gasteiger partial charge is 0.173 e. The van der Waals surface area contributed by atoms with E-state index in [2.05, 4.69) is 21.1 Å². The third-order valence-electron chi connectivity index (χ3n) is 2.84. The minimum Gasteiger partial charge on any atom is -0.493 e. The van der Waals surface area contributed by atoms with Crippen LogP contribution < -0.4 is 10.5 Å². The second-order valence-electron chi connectivity index (χ2n) is 4.69. The number of amidine groups is 1. The Morgan fingerprint density at radius 2 is 2.16 bits per heavy atom. The van der Waals surface area contributed by atoms with Crippen LogP contribution in [0, 0.1) is 0 Å². The maximum Gasteiger partial charge on any atom is 0.173 e.